The highest BCUT2D eigenvalue weighted by molar-refractivity contribution is 6.30. The molecule has 0 atom stereocenters. The molecule has 0 saturated heterocycles. The molecule has 6 nitrogen and oxygen atoms in total. The average Bonchev–Trinajstić information content (AvgIpc) is 3.08. The summed E-state index contributed by atoms with van der Waals surface area (Å²) in [6.07, 6.45) is 0. The van der Waals surface area contributed by atoms with Crippen molar-refractivity contribution in [3.05, 3.63) is 82.6 Å². The fraction of sp³-hybridized carbons (Fsp3) is 0.200. The second kappa shape index (κ2) is 8.65. The zero-order valence-electron chi connectivity index (χ0n) is 17.7. The van der Waals surface area contributed by atoms with Gasteiger partial charge in [0.2, 0.25) is 0 Å². The molecule has 32 heavy (non-hydrogen) atoms. The number of carbonyl (C=O) groups is 1. The number of ether oxygens (including phenoxy) is 1. The number of nitrogens with one attached hydrogen (secondary N) is 2. The third kappa shape index (κ3) is 4.07. The summed E-state index contributed by atoms with van der Waals surface area (Å²) in [5.41, 5.74) is 5.70. The minimum atomic E-state index is -0.0283. The van der Waals surface area contributed by atoms with Gasteiger partial charge in [0.25, 0.3) is 5.91 Å². The van der Waals surface area contributed by atoms with Gasteiger partial charge >= 0.3 is 0 Å². The third-order valence-corrected chi connectivity index (χ3v) is 5.88. The molecule has 4 aromatic rings. The van der Waals surface area contributed by atoms with Crippen molar-refractivity contribution in [2.75, 3.05) is 20.2 Å². The van der Waals surface area contributed by atoms with Gasteiger partial charge in [-0.05, 0) is 66.7 Å². The molecule has 5 rings (SSSR count). The Morgan fingerprint density at radius 1 is 1.12 bits per heavy atom. The van der Waals surface area contributed by atoms with Gasteiger partial charge in [0, 0.05) is 22.7 Å². The van der Waals surface area contributed by atoms with Crippen LogP contribution in [0.2, 0.25) is 5.02 Å². The largest absolute Gasteiger partial charge is 0.491 e. The first-order chi connectivity index (χ1) is 15.6. The molecule has 2 N–H and O–H groups in total. The Kier molecular flexibility index (Phi) is 5.55. The molecular formula is C25H23ClN4O2. The molecule has 1 aliphatic heterocycles. The van der Waals surface area contributed by atoms with E-state index in [-0.39, 0.29) is 5.91 Å². The van der Waals surface area contributed by atoms with E-state index in [0.717, 1.165) is 39.3 Å². The van der Waals surface area contributed by atoms with Crippen LogP contribution in [-0.4, -0.2) is 41.0 Å². The summed E-state index contributed by atoms with van der Waals surface area (Å²) in [6, 6.07) is 19.4. The van der Waals surface area contributed by atoms with Crippen molar-refractivity contribution in [1.29, 1.82) is 0 Å². The van der Waals surface area contributed by atoms with Crippen LogP contribution in [0.1, 0.15) is 21.7 Å². The molecule has 0 unspecified atom stereocenters. The number of hydrogen-bond donors (Lipinski definition) is 2. The van der Waals surface area contributed by atoms with E-state index in [1.807, 2.05) is 24.1 Å². The number of fused-ring (bicyclic) bond motifs is 2. The maximum absolute atomic E-state index is 13.0. The van der Waals surface area contributed by atoms with Crippen LogP contribution >= 0.6 is 11.6 Å². The molecule has 3 aromatic carbocycles. The first kappa shape index (κ1) is 20.5. The van der Waals surface area contributed by atoms with E-state index in [1.54, 1.807) is 24.3 Å². The van der Waals surface area contributed by atoms with Crippen molar-refractivity contribution < 1.29 is 9.53 Å². The van der Waals surface area contributed by atoms with Crippen LogP contribution in [0.15, 0.2) is 60.7 Å². The normalized spacial score (nSPS) is 13.5. The third-order valence-electron chi connectivity index (χ3n) is 5.63. The Morgan fingerprint density at radius 3 is 2.72 bits per heavy atom. The summed E-state index contributed by atoms with van der Waals surface area (Å²) in [5.74, 6) is 1.70. The van der Waals surface area contributed by atoms with Crippen molar-refractivity contribution in [2.24, 2.45) is 0 Å². The molecule has 0 saturated carbocycles. The van der Waals surface area contributed by atoms with E-state index in [1.165, 1.54) is 0 Å². The predicted molar refractivity (Wildman–Crippen MR) is 126 cm³/mol. The Balaban J connectivity index is 1.44. The first-order valence-corrected chi connectivity index (χ1v) is 10.9. The van der Waals surface area contributed by atoms with E-state index in [4.69, 9.17) is 16.3 Å². The fourth-order valence-corrected chi connectivity index (χ4v) is 4.14. The van der Waals surface area contributed by atoms with E-state index < -0.39 is 0 Å². The van der Waals surface area contributed by atoms with Gasteiger partial charge in [-0.1, -0.05) is 23.7 Å². The molecule has 0 fully saturated rings. The van der Waals surface area contributed by atoms with E-state index >= 15 is 0 Å². The lowest BCUT2D eigenvalue weighted by molar-refractivity contribution is 0.0733. The van der Waals surface area contributed by atoms with Crippen molar-refractivity contribution in [3.8, 4) is 16.9 Å². The van der Waals surface area contributed by atoms with Crippen molar-refractivity contribution in [1.82, 2.24) is 20.2 Å². The van der Waals surface area contributed by atoms with Crippen molar-refractivity contribution in [3.63, 3.8) is 0 Å². The fourth-order valence-electron chi connectivity index (χ4n) is 4.02. The van der Waals surface area contributed by atoms with Crippen molar-refractivity contribution >= 4 is 28.5 Å². The number of aromatic nitrogens is 2. The van der Waals surface area contributed by atoms with Gasteiger partial charge in [0.15, 0.2) is 0 Å². The van der Waals surface area contributed by atoms with Crippen LogP contribution in [-0.2, 0) is 13.1 Å². The quantitative estimate of drug-likeness (QED) is 0.479. The Bertz CT molecular complexity index is 1280. The summed E-state index contributed by atoms with van der Waals surface area (Å²) in [4.78, 5) is 22.8. The molecule has 162 valence electrons. The maximum atomic E-state index is 13.0. The molecule has 0 radical (unpaired) electrons. The van der Waals surface area contributed by atoms with E-state index in [2.05, 4.69) is 39.6 Å². The van der Waals surface area contributed by atoms with Gasteiger partial charge in [-0.25, -0.2) is 4.98 Å². The lowest BCUT2D eigenvalue weighted by atomic mass is 10.0. The van der Waals surface area contributed by atoms with Crippen LogP contribution < -0.4 is 10.1 Å². The van der Waals surface area contributed by atoms with Crippen LogP contribution in [0.4, 0.5) is 0 Å². The van der Waals surface area contributed by atoms with Gasteiger partial charge in [-0.2, -0.15) is 0 Å². The summed E-state index contributed by atoms with van der Waals surface area (Å²) in [6.45, 7) is 2.17. The second-order valence-corrected chi connectivity index (χ2v) is 8.29. The number of nitrogens with zero attached hydrogens (tertiary/aromatic N) is 2. The van der Waals surface area contributed by atoms with Crippen LogP contribution in [0, 0.1) is 0 Å². The highest BCUT2D eigenvalue weighted by Crippen LogP contribution is 2.31. The molecule has 1 aliphatic rings. The second-order valence-electron chi connectivity index (χ2n) is 7.85. The molecule has 1 aromatic heterocycles. The number of imidazole rings is 1. The topological polar surface area (TPSA) is 70.2 Å². The van der Waals surface area contributed by atoms with Gasteiger partial charge in [0.1, 0.15) is 18.2 Å². The lowest BCUT2D eigenvalue weighted by Gasteiger charge is -2.20. The zero-order chi connectivity index (χ0) is 22.1. The van der Waals surface area contributed by atoms with Gasteiger partial charge in [-0.3, -0.25) is 4.79 Å². The van der Waals surface area contributed by atoms with Crippen LogP contribution in [0.3, 0.4) is 0 Å². The van der Waals surface area contributed by atoms with Gasteiger partial charge < -0.3 is 19.9 Å². The Labute approximate surface area is 191 Å². The first-order valence-electron chi connectivity index (χ1n) is 10.5. The Morgan fingerprint density at radius 2 is 1.91 bits per heavy atom. The number of rotatable bonds is 4. The number of hydrogen-bond acceptors (Lipinski definition) is 4. The number of H-pyrrole nitrogens is 1. The highest BCUT2D eigenvalue weighted by Gasteiger charge is 2.21. The average molecular weight is 447 g/mol. The molecule has 0 spiro atoms. The monoisotopic (exact) mass is 446 g/mol. The number of aromatic amines is 1. The number of amides is 1. The molecule has 0 bridgehead atoms. The number of benzene rings is 3. The van der Waals surface area contributed by atoms with E-state index in [0.29, 0.717) is 36.8 Å². The SMILES string of the molecule is CNCc1nc2ccc(-c3ccc4c(c3)CN(C(=O)c3ccc(Cl)cc3)CCO4)cc2[nH]1. The highest BCUT2D eigenvalue weighted by atomic mass is 35.5. The Hall–Kier alpha value is -3.35. The van der Waals surface area contributed by atoms with Crippen molar-refractivity contribution in [2.45, 2.75) is 13.1 Å². The standard InChI is InChI=1S/C25H23ClN4O2/c1-27-14-24-28-21-8-4-18(13-22(21)29-24)17-5-9-23-19(12-17)15-30(10-11-32-23)25(31)16-2-6-20(26)7-3-16/h2-9,12-13,27H,10-11,14-15H2,1H3,(H,28,29). The molecule has 0 aliphatic carbocycles. The maximum Gasteiger partial charge on any atom is 0.254 e. The minimum absolute atomic E-state index is 0.0283. The molecule has 2 heterocycles. The number of halogens is 1. The number of carbonyl (C=O) groups excluding carboxylic acids is 1. The minimum Gasteiger partial charge on any atom is -0.491 e. The van der Waals surface area contributed by atoms with E-state index in [9.17, 15) is 4.79 Å². The smallest absolute Gasteiger partial charge is 0.254 e. The molecule has 1 amide bonds. The van der Waals surface area contributed by atoms with Crippen LogP contribution in [0.5, 0.6) is 5.75 Å². The summed E-state index contributed by atoms with van der Waals surface area (Å²) < 4.78 is 5.94. The van der Waals surface area contributed by atoms with Gasteiger partial charge in [-0.15, -0.1) is 0 Å². The summed E-state index contributed by atoms with van der Waals surface area (Å²) in [5, 5.41) is 3.73. The van der Waals surface area contributed by atoms with Crippen LogP contribution in [0.25, 0.3) is 22.2 Å². The molecule has 7 heteroatoms. The predicted octanol–water partition coefficient (Wildman–Crippen LogP) is 4.64. The zero-order valence-corrected chi connectivity index (χ0v) is 18.4. The van der Waals surface area contributed by atoms with Gasteiger partial charge in [0.05, 0.1) is 24.1 Å². The summed E-state index contributed by atoms with van der Waals surface area (Å²) >= 11 is 5.97. The summed E-state index contributed by atoms with van der Waals surface area (Å²) in [7, 11) is 1.90. The lowest BCUT2D eigenvalue weighted by Crippen LogP contribution is -2.32. The molecular weight excluding hydrogens is 424 g/mol.